The van der Waals surface area contributed by atoms with Crippen molar-refractivity contribution in [3.8, 4) is 12.3 Å². The summed E-state index contributed by atoms with van der Waals surface area (Å²) in [6.07, 6.45) is 5.68. The number of fused-ring (bicyclic) bond motifs is 2. The fraction of sp³-hybridized carbons (Fsp3) is 0.632. The van der Waals surface area contributed by atoms with Crippen molar-refractivity contribution in [2.24, 2.45) is 28.1 Å². The second kappa shape index (κ2) is 14.4. The predicted octanol–water partition coefficient (Wildman–Crippen LogP) is 2.86. The van der Waals surface area contributed by atoms with Crippen LogP contribution in [0, 0.1) is 40.4 Å². The number of nitrogens with zero attached hydrogens (tertiary/aromatic N) is 2. The second-order valence-corrected chi connectivity index (χ2v) is 16.6. The zero-order valence-electron chi connectivity index (χ0n) is 30.9. The molecule has 272 valence electrons. The number of likely N-dealkylation sites (tertiary alicyclic amines) is 1. The van der Waals surface area contributed by atoms with Crippen molar-refractivity contribution in [1.29, 1.82) is 0 Å². The maximum absolute atomic E-state index is 14.4. The number of ketones is 1. The number of likely N-dealkylation sites (N-methyl/N-ethyl adjacent to an activating group) is 1. The molecule has 3 aliphatic rings. The lowest BCUT2D eigenvalue weighted by atomic mass is 9.85. The molecule has 2 heterocycles. The number of amides is 6. The van der Waals surface area contributed by atoms with Crippen molar-refractivity contribution >= 4 is 35.4 Å². The first kappa shape index (κ1) is 38.4. The van der Waals surface area contributed by atoms with Crippen LogP contribution in [0.15, 0.2) is 24.3 Å². The largest absolute Gasteiger partial charge is 0.350 e. The van der Waals surface area contributed by atoms with Gasteiger partial charge >= 0.3 is 6.03 Å². The minimum absolute atomic E-state index is 0.0484. The summed E-state index contributed by atoms with van der Waals surface area (Å²) in [6, 6.07) is 3.40. The SMILES string of the molecule is C#CCCC(NC(=O)[C@@H]1[C@@H]2[C@H](CN1C(=O)[C@@H](NC(=O)N[C@H](CN1Cc3ccccc3C1=O)C(C)(C)C)C(C)(C)C)C2(C)C)C(=O)C(=O)NCC. The van der Waals surface area contributed by atoms with Gasteiger partial charge in [-0.2, -0.15) is 0 Å². The van der Waals surface area contributed by atoms with Gasteiger partial charge in [-0.25, -0.2) is 4.79 Å². The summed E-state index contributed by atoms with van der Waals surface area (Å²) >= 11 is 0. The molecular formula is C38H54N6O6. The number of Topliss-reactive ketones (excluding diaryl/α,β-unsaturated/α-hetero) is 1. The van der Waals surface area contributed by atoms with E-state index in [0.29, 0.717) is 18.7 Å². The van der Waals surface area contributed by atoms with Gasteiger partial charge in [0.2, 0.25) is 17.6 Å². The lowest BCUT2D eigenvalue weighted by molar-refractivity contribution is -0.145. The Morgan fingerprint density at radius 1 is 1.00 bits per heavy atom. The standard InChI is InChI=1S/C38H54N6O6/c1-11-13-18-25(29(45)32(47)39-12-2)40-31(46)28-27-24(38(27,9)10)20-44(28)34(49)30(37(6,7)8)42-35(50)41-26(36(3,4)5)21-43-19-22-16-14-15-17-23(22)33(43)48/h1,14-17,24-28,30H,12-13,18-21H2,2-10H3,(H,39,47)(H,40,46)(H2,41,42,50)/t24-,25?,26+,27-,28-,30+/m0/s1. The Morgan fingerprint density at radius 2 is 1.66 bits per heavy atom. The number of carbonyl (C=O) groups excluding carboxylic acids is 6. The minimum Gasteiger partial charge on any atom is -0.350 e. The molecule has 0 aromatic heterocycles. The van der Waals surface area contributed by atoms with Gasteiger partial charge in [0, 0.05) is 38.2 Å². The lowest BCUT2D eigenvalue weighted by Crippen LogP contribution is -2.62. The monoisotopic (exact) mass is 690 g/mol. The Morgan fingerprint density at radius 3 is 2.24 bits per heavy atom. The lowest BCUT2D eigenvalue weighted by Gasteiger charge is -2.39. The number of carbonyl (C=O) groups is 6. The van der Waals surface area contributed by atoms with Gasteiger partial charge in [0.15, 0.2) is 0 Å². The van der Waals surface area contributed by atoms with E-state index in [9.17, 15) is 28.8 Å². The number of nitrogens with one attached hydrogen (secondary N) is 4. The number of urea groups is 1. The summed E-state index contributed by atoms with van der Waals surface area (Å²) in [7, 11) is 0. The third-order valence-corrected chi connectivity index (χ3v) is 10.6. The highest BCUT2D eigenvalue weighted by atomic mass is 16.2. The molecule has 1 aliphatic carbocycles. The van der Waals surface area contributed by atoms with Crippen LogP contribution in [0.2, 0.25) is 0 Å². The summed E-state index contributed by atoms with van der Waals surface area (Å²) in [5, 5.41) is 11.2. The zero-order chi connectivity index (χ0) is 37.3. The van der Waals surface area contributed by atoms with E-state index in [2.05, 4.69) is 27.2 Å². The normalized spacial score (nSPS) is 22.3. The van der Waals surface area contributed by atoms with Gasteiger partial charge in [-0.15, -0.1) is 12.3 Å². The Hall–Kier alpha value is -4.40. The number of rotatable bonds is 12. The highest BCUT2D eigenvalue weighted by Gasteiger charge is 2.70. The van der Waals surface area contributed by atoms with Gasteiger partial charge in [-0.05, 0) is 53.1 Å². The molecule has 0 radical (unpaired) electrons. The van der Waals surface area contributed by atoms with E-state index in [1.165, 1.54) is 4.90 Å². The molecule has 4 N–H and O–H groups in total. The van der Waals surface area contributed by atoms with Gasteiger partial charge in [0.1, 0.15) is 12.1 Å². The molecule has 4 rings (SSSR count). The Kier molecular flexibility index (Phi) is 11.1. The van der Waals surface area contributed by atoms with Crippen LogP contribution >= 0.6 is 0 Å². The first-order valence-corrected chi connectivity index (χ1v) is 17.5. The molecule has 1 aromatic carbocycles. The fourth-order valence-corrected chi connectivity index (χ4v) is 7.34. The van der Waals surface area contributed by atoms with Gasteiger partial charge in [0.25, 0.3) is 11.8 Å². The molecule has 50 heavy (non-hydrogen) atoms. The van der Waals surface area contributed by atoms with Crippen molar-refractivity contribution < 1.29 is 28.8 Å². The van der Waals surface area contributed by atoms with Crippen LogP contribution in [-0.4, -0.2) is 89.0 Å². The molecule has 1 unspecified atom stereocenters. The highest BCUT2D eigenvalue weighted by Crippen LogP contribution is 2.65. The average Bonchev–Trinajstić information content (AvgIpc) is 3.31. The Bertz CT molecular complexity index is 1570. The summed E-state index contributed by atoms with van der Waals surface area (Å²) in [6.45, 7) is 18.5. The minimum atomic E-state index is -1.14. The highest BCUT2D eigenvalue weighted by molar-refractivity contribution is 6.38. The van der Waals surface area contributed by atoms with E-state index < -0.39 is 64.5 Å². The molecule has 6 amide bonds. The van der Waals surface area contributed by atoms with Crippen LogP contribution in [0.5, 0.6) is 0 Å². The second-order valence-electron chi connectivity index (χ2n) is 16.6. The quantitative estimate of drug-likeness (QED) is 0.195. The van der Waals surface area contributed by atoms with Crippen molar-refractivity contribution in [1.82, 2.24) is 31.1 Å². The number of hydrogen-bond donors (Lipinski definition) is 4. The van der Waals surface area contributed by atoms with Crippen molar-refractivity contribution in [2.75, 3.05) is 19.6 Å². The number of hydrogen-bond acceptors (Lipinski definition) is 6. The van der Waals surface area contributed by atoms with Gasteiger partial charge in [0.05, 0.1) is 12.1 Å². The molecule has 0 spiro atoms. The maximum atomic E-state index is 14.4. The molecule has 6 atom stereocenters. The molecular weight excluding hydrogens is 636 g/mol. The molecule has 12 nitrogen and oxygen atoms in total. The van der Waals surface area contributed by atoms with Crippen molar-refractivity contribution in [3.63, 3.8) is 0 Å². The summed E-state index contributed by atoms with van der Waals surface area (Å²) in [5.74, 6) is -0.298. The van der Waals surface area contributed by atoms with Gasteiger partial charge < -0.3 is 31.1 Å². The first-order valence-electron chi connectivity index (χ1n) is 17.5. The van der Waals surface area contributed by atoms with Crippen LogP contribution in [0.3, 0.4) is 0 Å². The van der Waals surface area contributed by atoms with E-state index in [-0.39, 0.29) is 49.1 Å². The van der Waals surface area contributed by atoms with Crippen LogP contribution in [-0.2, 0) is 25.7 Å². The number of benzene rings is 1. The Balaban J connectivity index is 1.52. The predicted molar refractivity (Wildman–Crippen MR) is 189 cm³/mol. The molecule has 12 heteroatoms. The number of piperidine rings is 1. The molecule has 1 saturated heterocycles. The van der Waals surface area contributed by atoms with Crippen LogP contribution in [0.25, 0.3) is 0 Å². The zero-order valence-corrected chi connectivity index (χ0v) is 30.9. The fourth-order valence-electron chi connectivity index (χ4n) is 7.34. The molecule has 1 saturated carbocycles. The molecule has 2 aliphatic heterocycles. The van der Waals surface area contributed by atoms with Gasteiger partial charge in [-0.3, -0.25) is 24.0 Å². The summed E-state index contributed by atoms with van der Waals surface area (Å²) < 4.78 is 0. The van der Waals surface area contributed by atoms with Crippen LogP contribution in [0.4, 0.5) is 4.79 Å². The average molecular weight is 691 g/mol. The topological polar surface area (TPSA) is 157 Å². The first-order chi connectivity index (χ1) is 23.2. The molecule has 0 bridgehead atoms. The van der Waals surface area contributed by atoms with Crippen molar-refractivity contribution in [3.05, 3.63) is 35.4 Å². The third kappa shape index (κ3) is 7.98. The van der Waals surface area contributed by atoms with E-state index in [1.54, 1.807) is 17.9 Å². The van der Waals surface area contributed by atoms with Crippen LogP contribution < -0.4 is 21.3 Å². The summed E-state index contributed by atoms with van der Waals surface area (Å²) in [4.78, 5) is 83.9. The summed E-state index contributed by atoms with van der Waals surface area (Å²) in [5.41, 5.74) is 0.204. The van der Waals surface area contributed by atoms with Gasteiger partial charge in [-0.1, -0.05) is 73.6 Å². The van der Waals surface area contributed by atoms with E-state index >= 15 is 0 Å². The smallest absolute Gasteiger partial charge is 0.315 e. The molecule has 1 aromatic rings. The van der Waals surface area contributed by atoms with Crippen LogP contribution in [0.1, 0.15) is 91.1 Å². The van der Waals surface area contributed by atoms with E-state index in [0.717, 1.165) is 5.56 Å². The maximum Gasteiger partial charge on any atom is 0.315 e. The molecule has 2 fully saturated rings. The van der Waals surface area contributed by atoms with E-state index in [4.69, 9.17) is 6.42 Å². The van der Waals surface area contributed by atoms with Crippen molar-refractivity contribution in [2.45, 2.75) is 106 Å². The third-order valence-electron chi connectivity index (χ3n) is 10.6. The Labute approximate surface area is 296 Å². The van der Waals surface area contributed by atoms with E-state index in [1.807, 2.05) is 73.6 Å². The number of terminal acetylenes is 1.